The first-order valence-electron chi connectivity index (χ1n) is 12.2. The number of halogens is 2. The highest BCUT2D eigenvalue weighted by Gasteiger charge is 2.50. The molecule has 2 N–H and O–H groups in total. The second-order valence-electron chi connectivity index (χ2n) is 10.0. The number of allylic oxidation sites excluding steroid dienone is 2. The van der Waals surface area contributed by atoms with Crippen molar-refractivity contribution in [2.45, 2.75) is 50.0 Å². The molecule has 0 atom stereocenters. The molecule has 2 aliphatic carbocycles. The van der Waals surface area contributed by atoms with Crippen molar-refractivity contribution in [2.24, 2.45) is 0 Å². The quantitative estimate of drug-likeness (QED) is 0.460. The van der Waals surface area contributed by atoms with Gasteiger partial charge in [-0.25, -0.2) is 8.78 Å². The first kappa shape index (κ1) is 23.9. The van der Waals surface area contributed by atoms with Gasteiger partial charge in [-0.1, -0.05) is 56.7 Å². The summed E-state index contributed by atoms with van der Waals surface area (Å²) in [6, 6.07) is 12.4. The van der Waals surface area contributed by atoms with Crippen molar-refractivity contribution >= 4 is 16.7 Å². The molecule has 1 saturated heterocycles. The fourth-order valence-electron chi connectivity index (χ4n) is 5.55. The smallest absolute Gasteiger partial charge is 0.248 e. The molecule has 1 aromatic heterocycles. The minimum atomic E-state index is -2.60. The van der Waals surface area contributed by atoms with Crippen LogP contribution in [0.4, 0.5) is 8.78 Å². The number of nitrogens with one attached hydrogen (secondary N) is 2. The predicted octanol–water partition coefficient (Wildman–Crippen LogP) is 6.78. The van der Waals surface area contributed by atoms with Crippen LogP contribution in [0, 0.1) is 11.3 Å². The van der Waals surface area contributed by atoms with Gasteiger partial charge in [-0.15, -0.1) is 0 Å². The molecule has 4 nitrogen and oxygen atoms in total. The van der Waals surface area contributed by atoms with Crippen molar-refractivity contribution in [3.05, 3.63) is 102 Å². The Morgan fingerprint density at radius 1 is 1.08 bits per heavy atom. The molecule has 0 radical (unpaired) electrons. The van der Waals surface area contributed by atoms with Gasteiger partial charge < -0.3 is 15.2 Å². The lowest BCUT2D eigenvalue weighted by molar-refractivity contribution is -0.0485. The summed E-state index contributed by atoms with van der Waals surface area (Å²) >= 11 is 0. The average Bonchev–Trinajstić information content (AvgIpc) is 3.41. The molecule has 0 unspecified atom stereocenters. The summed E-state index contributed by atoms with van der Waals surface area (Å²) in [4.78, 5) is 5.32. The van der Waals surface area contributed by atoms with Crippen molar-refractivity contribution in [3.63, 3.8) is 0 Å². The van der Waals surface area contributed by atoms with Crippen molar-refractivity contribution in [3.8, 4) is 6.07 Å². The van der Waals surface area contributed by atoms with Gasteiger partial charge in [-0.05, 0) is 54.0 Å². The molecule has 184 valence electrons. The van der Waals surface area contributed by atoms with Crippen molar-refractivity contribution < 1.29 is 8.78 Å². The zero-order valence-corrected chi connectivity index (χ0v) is 20.4. The largest absolute Gasteiger partial charge is 0.361 e. The summed E-state index contributed by atoms with van der Waals surface area (Å²) in [5.74, 6) is -1.92. The third kappa shape index (κ3) is 4.09. The van der Waals surface area contributed by atoms with E-state index in [9.17, 15) is 14.0 Å². The Morgan fingerprint density at radius 3 is 2.44 bits per heavy atom. The van der Waals surface area contributed by atoms with Crippen LogP contribution in [0.3, 0.4) is 0 Å². The van der Waals surface area contributed by atoms with Gasteiger partial charge in [0.05, 0.1) is 22.6 Å². The number of H-pyrrole nitrogens is 1. The topological polar surface area (TPSA) is 54.8 Å². The maximum absolute atomic E-state index is 13.8. The zero-order chi connectivity index (χ0) is 25.7. The number of hydrogen-bond donors (Lipinski definition) is 2. The summed E-state index contributed by atoms with van der Waals surface area (Å²) in [6.07, 6.45) is 4.46. The van der Waals surface area contributed by atoms with Crippen molar-refractivity contribution in [1.82, 2.24) is 15.2 Å². The van der Waals surface area contributed by atoms with E-state index in [0.717, 1.165) is 57.8 Å². The SMILES string of the molecule is C=C(CN1C(=C)NC2(CCC(F)(F)CC2)C1=C)c1ccc(C2=CCCc3[nH]c(C(=C)C#N)cc32)cc1. The minimum absolute atomic E-state index is 0.145. The monoisotopic (exact) mass is 484 g/mol. The number of fused-ring (bicyclic) bond motifs is 1. The van der Waals surface area contributed by atoms with Crippen LogP contribution < -0.4 is 5.32 Å². The molecule has 5 rings (SSSR count). The first-order chi connectivity index (χ1) is 17.1. The Hall–Kier alpha value is -3.85. The van der Waals surface area contributed by atoms with Crippen LogP contribution in [0.5, 0.6) is 0 Å². The lowest BCUT2D eigenvalue weighted by Crippen LogP contribution is -2.46. The standard InChI is InChI=1S/C30H30F2N4/c1-19(17-33)28-16-26-25(6-5-7-27(26)34-28)24-10-8-23(9-11-24)20(2)18-36-21(3)29(35-22(36)4)12-14-30(31,32)15-13-29/h6,8-11,16,34-35H,1-5,7,12-15,18H2. The van der Waals surface area contributed by atoms with E-state index < -0.39 is 11.5 Å². The van der Waals surface area contributed by atoms with E-state index in [2.05, 4.69) is 73.0 Å². The maximum Gasteiger partial charge on any atom is 0.248 e. The van der Waals surface area contributed by atoms with E-state index >= 15 is 0 Å². The number of nitriles is 1. The van der Waals surface area contributed by atoms with Crippen LogP contribution in [-0.2, 0) is 6.42 Å². The second kappa shape index (κ2) is 8.67. The van der Waals surface area contributed by atoms with Gasteiger partial charge in [0.2, 0.25) is 5.92 Å². The summed E-state index contributed by atoms with van der Waals surface area (Å²) in [5, 5.41) is 12.6. The Balaban J connectivity index is 1.30. The highest BCUT2D eigenvalue weighted by molar-refractivity contribution is 5.85. The van der Waals surface area contributed by atoms with Gasteiger partial charge in [0.25, 0.3) is 0 Å². The number of nitrogens with zero attached hydrogens (tertiary/aromatic N) is 2. The van der Waals surface area contributed by atoms with Crippen molar-refractivity contribution in [1.29, 1.82) is 5.26 Å². The number of aromatic nitrogens is 1. The molecule has 6 heteroatoms. The zero-order valence-electron chi connectivity index (χ0n) is 20.4. The van der Waals surface area contributed by atoms with Crippen LogP contribution in [0.25, 0.3) is 16.7 Å². The molecule has 1 aliphatic heterocycles. The van der Waals surface area contributed by atoms with Gasteiger partial charge in [0.1, 0.15) is 6.07 Å². The Kier molecular flexibility index (Phi) is 5.75. The first-order valence-corrected chi connectivity index (χ1v) is 12.2. The molecule has 2 aromatic rings. The summed E-state index contributed by atoms with van der Waals surface area (Å²) in [7, 11) is 0. The number of aryl methyl sites for hydroxylation is 1. The third-order valence-corrected chi connectivity index (χ3v) is 7.77. The lowest BCUT2D eigenvalue weighted by atomic mass is 9.78. The molecule has 0 bridgehead atoms. The van der Waals surface area contributed by atoms with Gasteiger partial charge in [-0.3, -0.25) is 0 Å². The van der Waals surface area contributed by atoms with Gasteiger partial charge in [-0.2, -0.15) is 5.26 Å². The number of aromatic amines is 1. The van der Waals surface area contributed by atoms with Gasteiger partial charge >= 0.3 is 0 Å². The molecule has 36 heavy (non-hydrogen) atoms. The molecule has 1 spiro atoms. The van der Waals surface area contributed by atoms with Gasteiger partial charge in [0.15, 0.2) is 0 Å². The van der Waals surface area contributed by atoms with Crippen LogP contribution in [0.2, 0.25) is 0 Å². The summed E-state index contributed by atoms with van der Waals surface area (Å²) < 4.78 is 27.5. The fourth-order valence-corrected chi connectivity index (χ4v) is 5.55. The van der Waals surface area contributed by atoms with Gasteiger partial charge in [0, 0.05) is 36.3 Å². The Morgan fingerprint density at radius 2 is 1.78 bits per heavy atom. The highest BCUT2D eigenvalue weighted by atomic mass is 19.3. The number of benzene rings is 1. The fraction of sp³-hybridized carbons (Fsp3) is 0.300. The number of hydrogen-bond acceptors (Lipinski definition) is 3. The molecular weight excluding hydrogens is 454 g/mol. The van der Waals surface area contributed by atoms with Crippen molar-refractivity contribution in [2.75, 3.05) is 6.54 Å². The molecule has 2 fully saturated rings. The summed E-state index contributed by atoms with van der Waals surface area (Å²) in [6.45, 7) is 17.0. The van der Waals surface area contributed by atoms with Crippen LogP contribution in [0.15, 0.2) is 74.2 Å². The third-order valence-electron chi connectivity index (χ3n) is 7.77. The van der Waals surface area contributed by atoms with E-state index in [1.54, 1.807) is 0 Å². The molecule has 2 heterocycles. The van der Waals surface area contributed by atoms with E-state index in [-0.39, 0.29) is 12.8 Å². The Bertz CT molecular complexity index is 1340. The lowest BCUT2D eigenvalue weighted by Gasteiger charge is -2.38. The molecule has 3 aliphatic rings. The predicted molar refractivity (Wildman–Crippen MR) is 141 cm³/mol. The van der Waals surface area contributed by atoms with Crippen LogP contribution in [-0.4, -0.2) is 27.9 Å². The van der Waals surface area contributed by atoms with E-state index in [4.69, 9.17) is 0 Å². The second-order valence-corrected chi connectivity index (χ2v) is 10.0. The molecule has 0 amide bonds. The van der Waals surface area contributed by atoms with E-state index in [1.165, 1.54) is 0 Å². The number of rotatable bonds is 5. The van der Waals surface area contributed by atoms with Crippen LogP contribution >= 0.6 is 0 Å². The maximum atomic E-state index is 13.8. The van der Waals surface area contributed by atoms with Crippen LogP contribution in [0.1, 0.15) is 60.2 Å². The average molecular weight is 485 g/mol. The molecule has 1 aromatic carbocycles. The highest BCUT2D eigenvalue weighted by Crippen LogP contribution is 2.46. The normalized spacial score (nSPS) is 19.9. The van der Waals surface area contributed by atoms with E-state index in [0.29, 0.717) is 30.8 Å². The molecule has 1 saturated carbocycles. The van der Waals surface area contributed by atoms with E-state index in [1.807, 2.05) is 11.0 Å². The Labute approximate surface area is 211 Å². The molecular formula is C30H30F2N4. The minimum Gasteiger partial charge on any atom is -0.361 e. The number of alkyl halides is 2. The summed E-state index contributed by atoms with van der Waals surface area (Å²) in [5.41, 5.74) is 7.82.